The number of phenolic OH excluding ortho intramolecular Hbond substituents is 1. The number of hydrogen-bond donors (Lipinski definition) is 1. The molecule has 0 saturated heterocycles. The average Bonchev–Trinajstić information content (AvgIpc) is 2.54. The van der Waals surface area contributed by atoms with E-state index < -0.39 is 0 Å². The molecular weight excluding hydrogens is 280 g/mol. The lowest BCUT2D eigenvalue weighted by atomic mass is 10.1. The van der Waals surface area contributed by atoms with E-state index in [2.05, 4.69) is 0 Å². The molecule has 0 heterocycles. The highest BCUT2D eigenvalue weighted by Crippen LogP contribution is 2.15. The number of rotatable bonds is 7. The van der Waals surface area contributed by atoms with E-state index in [-0.39, 0.29) is 11.5 Å². The third-order valence-corrected chi connectivity index (χ3v) is 2.99. The molecule has 0 aromatic heterocycles. The van der Waals surface area contributed by atoms with Gasteiger partial charge in [-0.3, -0.25) is 4.79 Å². The van der Waals surface area contributed by atoms with Gasteiger partial charge < -0.3 is 14.6 Å². The van der Waals surface area contributed by atoms with Crippen LogP contribution in [0.1, 0.15) is 15.9 Å². The molecule has 0 aliphatic heterocycles. The lowest BCUT2D eigenvalue weighted by Gasteiger charge is -2.05. The Hall–Kier alpha value is -2.59. The lowest BCUT2D eigenvalue weighted by Crippen LogP contribution is -2.04. The number of carbonyl (C=O) groups is 1. The Morgan fingerprint density at radius 1 is 1.14 bits per heavy atom. The number of ketones is 1. The van der Waals surface area contributed by atoms with Crippen LogP contribution in [0.25, 0.3) is 6.08 Å². The van der Waals surface area contributed by atoms with E-state index in [0.717, 1.165) is 5.56 Å². The van der Waals surface area contributed by atoms with Crippen molar-refractivity contribution in [2.24, 2.45) is 0 Å². The standard InChI is InChI=1S/C18H18O4/c1-21-11-12-22-17-8-6-15(7-9-17)18(20)10-5-14-3-2-4-16(19)13-14/h2-10,13,19H,11-12H2,1H3/b10-5+. The molecule has 0 aliphatic carbocycles. The van der Waals surface area contributed by atoms with Crippen molar-refractivity contribution in [2.45, 2.75) is 0 Å². The molecule has 0 radical (unpaired) electrons. The Labute approximate surface area is 129 Å². The monoisotopic (exact) mass is 298 g/mol. The minimum atomic E-state index is -0.105. The van der Waals surface area contributed by atoms with Gasteiger partial charge in [0, 0.05) is 12.7 Å². The van der Waals surface area contributed by atoms with E-state index in [1.54, 1.807) is 55.7 Å². The highest BCUT2D eigenvalue weighted by Gasteiger charge is 2.02. The molecule has 0 saturated carbocycles. The van der Waals surface area contributed by atoms with Gasteiger partial charge in [0.2, 0.25) is 0 Å². The maximum atomic E-state index is 12.1. The van der Waals surface area contributed by atoms with Crippen LogP contribution in [0.5, 0.6) is 11.5 Å². The van der Waals surface area contributed by atoms with Crippen molar-refractivity contribution in [3.8, 4) is 11.5 Å². The quantitative estimate of drug-likeness (QED) is 0.484. The first-order chi connectivity index (χ1) is 10.7. The molecule has 0 bridgehead atoms. The Morgan fingerprint density at radius 3 is 2.59 bits per heavy atom. The molecule has 0 spiro atoms. The number of benzene rings is 2. The number of ether oxygens (including phenoxy) is 2. The van der Waals surface area contributed by atoms with Gasteiger partial charge >= 0.3 is 0 Å². The summed E-state index contributed by atoms with van der Waals surface area (Å²) < 4.78 is 10.3. The van der Waals surface area contributed by atoms with Gasteiger partial charge in [-0.05, 0) is 48.0 Å². The summed E-state index contributed by atoms with van der Waals surface area (Å²) in [6.45, 7) is 0.995. The van der Waals surface area contributed by atoms with E-state index in [9.17, 15) is 9.90 Å². The topological polar surface area (TPSA) is 55.8 Å². The van der Waals surface area contributed by atoms with Crippen LogP contribution >= 0.6 is 0 Å². The smallest absolute Gasteiger partial charge is 0.185 e. The fraction of sp³-hybridized carbons (Fsp3) is 0.167. The van der Waals surface area contributed by atoms with Crippen LogP contribution < -0.4 is 4.74 Å². The second-order valence-corrected chi connectivity index (χ2v) is 4.66. The largest absolute Gasteiger partial charge is 0.508 e. The Kier molecular flexibility index (Phi) is 5.74. The Bertz CT molecular complexity index is 644. The van der Waals surface area contributed by atoms with Crippen molar-refractivity contribution in [3.63, 3.8) is 0 Å². The molecule has 2 aromatic carbocycles. The van der Waals surface area contributed by atoms with Gasteiger partial charge in [0.25, 0.3) is 0 Å². The number of carbonyl (C=O) groups excluding carboxylic acids is 1. The third kappa shape index (κ3) is 4.75. The summed E-state index contributed by atoms with van der Waals surface area (Å²) in [6.07, 6.45) is 3.15. The van der Waals surface area contributed by atoms with Crippen LogP contribution in [0, 0.1) is 0 Å². The van der Waals surface area contributed by atoms with Gasteiger partial charge in [-0.15, -0.1) is 0 Å². The zero-order valence-corrected chi connectivity index (χ0v) is 12.4. The van der Waals surface area contributed by atoms with E-state index >= 15 is 0 Å². The molecule has 1 N–H and O–H groups in total. The van der Waals surface area contributed by atoms with Gasteiger partial charge in [-0.25, -0.2) is 0 Å². The first-order valence-corrected chi connectivity index (χ1v) is 6.92. The molecule has 22 heavy (non-hydrogen) atoms. The molecule has 0 unspecified atom stereocenters. The van der Waals surface area contributed by atoms with Crippen molar-refractivity contribution in [3.05, 3.63) is 65.7 Å². The molecular formula is C18H18O4. The lowest BCUT2D eigenvalue weighted by molar-refractivity contribution is 0.104. The van der Waals surface area contributed by atoms with E-state index in [1.807, 2.05) is 6.07 Å². The molecule has 2 aromatic rings. The van der Waals surface area contributed by atoms with Crippen molar-refractivity contribution in [1.29, 1.82) is 0 Å². The predicted molar refractivity (Wildman–Crippen MR) is 85.3 cm³/mol. The minimum absolute atomic E-state index is 0.105. The van der Waals surface area contributed by atoms with Gasteiger partial charge in [0.1, 0.15) is 18.1 Å². The zero-order chi connectivity index (χ0) is 15.8. The normalized spacial score (nSPS) is 10.8. The molecule has 4 nitrogen and oxygen atoms in total. The Balaban J connectivity index is 1.97. The van der Waals surface area contributed by atoms with Crippen molar-refractivity contribution < 1.29 is 19.4 Å². The number of allylic oxidation sites excluding steroid dienone is 1. The number of aromatic hydroxyl groups is 1. The number of hydrogen-bond acceptors (Lipinski definition) is 4. The van der Waals surface area contributed by atoms with Gasteiger partial charge in [0.05, 0.1) is 6.61 Å². The van der Waals surface area contributed by atoms with E-state index in [1.165, 1.54) is 6.08 Å². The fourth-order valence-electron chi connectivity index (χ4n) is 1.85. The van der Waals surface area contributed by atoms with Gasteiger partial charge in [-0.2, -0.15) is 0 Å². The van der Waals surface area contributed by atoms with E-state index in [0.29, 0.717) is 24.5 Å². The molecule has 0 atom stereocenters. The second-order valence-electron chi connectivity index (χ2n) is 4.66. The summed E-state index contributed by atoms with van der Waals surface area (Å²) in [7, 11) is 1.62. The van der Waals surface area contributed by atoms with E-state index in [4.69, 9.17) is 9.47 Å². The molecule has 2 rings (SSSR count). The maximum Gasteiger partial charge on any atom is 0.185 e. The van der Waals surface area contributed by atoms with Crippen molar-refractivity contribution >= 4 is 11.9 Å². The zero-order valence-electron chi connectivity index (χ0n) is 12.4. The highest BCUT2D eigenvalue weighted by atomic mass is 16.5. The van der Waals surface area contributed by atoms with Crippen LogP contribution in [-0.2, 0) is 4.74 Å². The van der Waals surface area contributed by atoms with Crippen LogP contribution in [0.4, 0.5) is 0 Å². The number of methoxy groups -OCH3 is 1. The van der Waals surface area contributed by atoms with Crippen LogP contribution in [0.2, 0.25) is 0 Å². The highest BCUT2D eigenvalue weighted by molar-refractivity contribution is 6.06. The van der Waals surface area contributed by atoms with Crippen molar-refractivity contribution in [1.82, 2.24) is 0 Å². The Morgan fingerprint density at radius 2 is 1.91 bits per heavy atom. The van der Waals surface area contributed by atoms with Crippen LogP contribution in [-0.4, -0.2) is 31.2 Å². The summed E-state index contributed by atoms with van der Waals surface area (Å²) in [5.41, 5.74) is 1.35. The molecule has 0 aliphatic rings. The minimum Gasteiger partial charge on any atom is -0.508 e. The fourth-order valence-corrected chi connectivity index (χ4v) is 1.85. The van der Waals surface area contributed by atoms with Crippen LogP contribution in [0.15, 0.2) is 54.6 Å². The molecule has 114 valence electrons. The first-order valence-electron chi connectivity index (χ1n) is 6.92. The SMILES string of the molecule is COCCOc1ccc(C(=O)/C=C/c2cccc(O)c2)cc1. The summed E-state index contributed by atoms with van der Waals surface area (Å²) >= 11 is 0. The average molecular weight is 298 g/mol. The molecule has 4 heteroatoms. The maximum absolute atomic E-state index is 12.1. The summed E-state index contributed by atoms with van der Waals surface area (Å²) in [5.74, 6) is 0.768. The summed E-state index contributed by atoms with van der Waals surface area (Å²) in [5, 5.41) is 9.37. The van der Waals surface area contributed by atoms with Gasteiger partial charge in [-0.1, -0.05) is 18.2 Å². The van der Waals surface area contributed by atoms with Crippen LogP contribution in [0.3, 0.4) is 0 Å². The summed E-state index contributed by atoms with van der Waals surface area (Å²) in [4.78, 5) is 12.1. The van der Waals surface area contributed by atoms with Gasteiger partial charge in [0.15, 0.2) is 5.78 Å². The predicted octanol–water partition coefficient (Wildman–Crippen LogP) is 3.31. The molecule has 0 amide bonds. The van der Waals surface area contributed by atoms with Crippen molar-refractivity contribution in [2.75, 3.05) is 20.3 Å². The third-order valence-electron chi connectivity index (χ3n) is 2.99. The first kappa shape index (κ1) is 15.8. The summed E-state index contributed by atoms with van der Waals surface area (Å²) in [6, 6.07) is 13.7. The second kappa shape index (κ2) is 8.00. The number of phenols is 1. The molecule has 0 fully saturated rings.